The molecule has 0 aliphatic carbocycles. The summed E-state index contributed by atoms with van der Waals surface area (Å²) in [6.45, 7) is 18.8. The Balaban J connectivity index is 2.17. The summed E-state index contributed by atoms with van der Waals surface area (Å²) < 4.78 is 24.8. The average Bonchev–Trinajstić information content (AvgIpc) is 3.05. The summed E-state index contributed by atoms with van der Waals surface area (Å²) in [5.74, 6) is -0.248. The molecule has 0 saturated carbocycles. The zero-order valence-corrected chi connectivity index (χ0v) is 34.3. The van der Waals surface area contributed by atoms with Crippen LogP contribution < -0.4 is 5.32 Å². The lowest BCUT2D eigenvalue weighted by Gasteiger charge is -2.51. The fourth-order valence-corrected chi connectivity index (χ4v) is 9.44. The van der Waals surface area contributed by atoms with Crippen molar-refractivity contribution in [1.29, 1.82) is 0 Å². The van der Waals surface area contributed by atoms with Crippen LogP contribution in [0.4, 0.5) is 0 Å². The molecule has 0 aromatic carbocycles. The second-order valence-corrected chi connectivity index (χ2v) is 18.1. The number of cyclic esters (lactones) is 1. The summed E-state index contributed by atoms with van der Waals surface area (Å²) in [6, 6.07) is -0.901. The molecule has 3 rings (SSSR count). The van der Waals surface area contributed by atoms with Crippen LogP contribution in [0.15, 0.2) is 0 Å². The molecule has 6 N–H and O–H groups in total. The molecule has 3 fully saturated rings. The van der Waals surface area contributed by atoms with Gasteiger partial charge in [-0.1, -0.05) is 27.7 Å². The molecule has 12 nitrogen and oxygen atoms in total. The van der Waals surface area contributed by atoms with Crippen LogP contribution in [0.25, 0.3) is 0 Å². The van der Waals surface area contributed by atoms with Crippen LogP contribution in [-0.2, 0) is 23.7 Å². The van der Waals surface area contributed by atoms with Crippen LogP contribution >= 0.6 is 12.6 Å². The van der Waals surface area contributed by atoms with Crippen molar-refractivity contribution in [2.24, 2.45) is 23.7 Å². The number of likely N-dealkylation sites (N-methyl/N-ethyl adjacent to an activating group) is 1. The highest BCUT2D eigenvalue weighted by Crippen LogP contribution is 2.45. The van der Waals surface area contributed by atoms with Gasteiger partial charge >= 0.3 is 5.97 Å². The number of hydrogen-bond donors (Lipinski definition) is 7. The molecule has 3 unspecified atom stereocenters. The molecule has 13 heteroatoms. The first-order chi connectivity index (χ1) is 24.0. The summed E-state index contributed by atoms with van der Waals surface area (Å²) in [6.07, 6.45) is -0.545. The molecule has 3 heterocycles. The number of aliphatic hydroxyl groups is 5. The highest BCUT2D eigenvalue weighted by atomic mass is 32.1. The molecule has 0 spiro atoms. The number of ether oxygens (including phenoxy) is 4. The van der Waals surface area contributed by atoms with Crippen LogP contribution in [-0.4, -0.2) is 140 Å². The van der Waals surface area contributed by atoms with Crippen LogP contribution in [0.1, 0.15) is 101 Å². The molecule has 0 bridgehead atoms. The van der Waals surface area contributed by atoms with Crippen molar-refractivity contribution in [3.05, 3.63) is 0 Å². The predicted octanol–water partition coefficient (Wildman–Crippen LogP) is 2.51. The van der Waals surface area contributed by atoms with E-state index < -0.39 is 94.7 Å². The third kappa shape index (κ3) is 10.4. The predicted molar refractivity (Wildman–Crippen MR) is 203 cm³/mol. The molecule has 52 heavy (non-hydrogen) atoms. The quantitative estimate of drug-likeness (QED) is 0.115. The highest BCUT2D eigenvalue weighted by molar-refractivity contribution is 7.81. The summed E-state index contributed by atoms with van der Waals surface area (Å²) in [7, 11) is 1.91. The minimum Gasteiger partial charge on any atom is -0.459 e. The van der Waals surface area contributed by atoms with Crippen molar-refractivity contribution in [2.75, 3.05) is 20.1 Å². The Labute approximate surface area is 318 Å². The number of terminal acetylenes is 1. The molecule has 302 valence electrons. The van der Waals surface area contributed by atoms with E-state index in [2.05, 4.69) is 11.2 Å². The first kappa shape index (κ1) is 45.4. The molecule has 18 atom stereocenters. The Morgan fingerprint density at radius 3 is 2.25 bits per heavy atom. The molecule has 3 aliphatic rings. The fourth-order valence-electron chi connectivity index (χ4n) is 9.05. The normalized spacial score (nSPS) is 49.0. The Hall–Kier alpha value is -1.02. The monoisotopic (exact) mass is 758 g/mol. The Kier molecular flexibility index (Phi) is 16.0. The van der Waals surface area contributed by atoms with Gasteiger partial charge in [-0.15, -0.1) is 12.3 Å². The van der Waals surface area contributed by atoms with Gasteiger partial charge in [-0.25, -0.2) is 0 Å². The third-order valence-electron chi connectivity index (χ3n) is 12.1. The van der Waals surface area contributed by atoms with Crippen LogP contribution in [0.5, 0.6) is 0 Å². The molecule has 0 aromatic heterocycles. The SMILES string of the molecule is C#CCCN(C)C1C[C@@H](C)OC(O[C@@H]2[C@@H](C)[C@H](C3C[C@@](C)(S)[C@@H](O)[C@H](C)O3)[C@@H](C)C(=O)O[C@H](CC)[C@@](C)(O)[C@H](O)[C@@H](C)NC[C@H](C)C[C@@]2(C)O)[C@@H]1O. The van der Waals surface area contributed by atoms with Crippen molar-refractivity contribution in [1.82, 2.24) is 10.2 Å². The van der Waals surface area contributed by atoms with E-state index in [-0.39, 0.29) is 37.3 Å². The van der Waals surface area contributed by atoms with E-state index in [0.29, 0.717) is 25.9 Å². The number of esters is 1. The minimum absolute atomic E-state index is 0.144. The van der Waals surface area contributed by atoms with E-state index in [0.717, 1.165) is 0 Å². The van der Waals surface area contributed by atoms with Gasteiger partial charge in [0.1, 0.15) is 23.9 Å². The number of rotatable bonds is 7. The second-order valence-electron chi connectivity index (χ2n) is 17.1. The lowest BCUT2D eigenvalue weighted by atomic mass is 9.69. The van der Waals surface area contributed by atoms with Gasteiger partial charge in [-0.2, -0.15) is 12.6 Å². The lowest BCUT2D eigenvalue weighted by Crippen LogP contribution is -2.61. The van der Waals surface area contributed by atoms with Crippen molar-refractivity contribution in [3.8, 4) is 12.3 Å². The van der Waals surface area contributed by atoms with Crippen LogP contribution in [0, 0.1) is 36.0 Å². The summed E-state index contributed by atoms with van der Waals surface area (Å²) in [4.78, 5) is 16.3. The van der Waals surface area contributed by atoms with E-state index in [4.69, 9.17) is 38.0 Å². The van der Waals surface area contributed by atoms with Gasteiger partial charge in [-0.05, 0) is 92.7 Å². The van der Waals surface area contributed by atoms with E-state index in [1.165, 1.54) is 6.92 Å². The number of hydrogen-bond acceptors (Lipinski definition) is 13. The van der Waals surface area contributed by atoms with E-state index in [9.17, 15) is 30.3 Å². The fraction of sp³-hybridized carbons (Fsp3) is 0.923. The molecular weight excluding hydrogens is 689 g/mol. The number of carbonyl (C=O) groups excluding carboxylic acids is 1. The Morgan fingerprint density at radius 2 is 1.67 bits per heavy atom. The van der Waals surface area contributed by atoms with Crippen molar-refractivity contribution >= 4 is 18.6 Å². The van der Waals surface area contributed by atoms with Crippen LogP contribution in [0.3, 0.4) is 0 Å². The molecular formula is C39H70N2O10S. The Bertz CT molecular complexity index is 1200. The number of nitrogens with zero attached hydrogens (tertiary/aromatic N) is 1. The van der Waals surface area contributed by atoms with Crippen molar-refractivity contribution < 1.29 is 49.3 Å². The van der Waals surface area contributed by atoms with Gasteiger partial charge in [0.25, 0.3) is 0 Å². The Morgan fingerprint density at radius 1 is 1.04 bits per heavy atom. The summed E-state index contributed by atoms with van der Waals surface area (Å²) >= 11 is 4.84. The smallest absolute Gasteiger partial charge is 0.309 e. The zero-order chi connectivity index (χ0) is 39.5. The topological polar surface area (TPSA) is 170 Å². The molecule has 3 saturated heterocycles. The zero-order valence-electron chi connectivity index (χ0n) is 33.4. The molecule has 0 aromatic rings. The number of nitrogens with one attached hydrogen (secondary N) is 1. The van der Waals surface area contributed by atoms with E-state index in [1.807, 2.05) is 39.6 Å². The van der Waals surface area contributed by atoms with E-state index >= 15 is 0 Å². The lowest BCUT2D eigenvalue weighted by molar-refractivity contribution is -0.301. The first-order valence-electron chi connectivity index (χ1n) is 19.2. The standard InChI is InChI=1S/C39H70N2O10S/c1-13-15-16-41(12)27-17-22(4)48-36(31(27)42)51-34-23(5)30(28-19-38(10,52)33(44)26(8)49-28)24(6)35(45)50-29(14-2)39(11,47)32(43)25(7)40-20-21(3)18-37(34,9)46/h1,21-34,36,40,42-44,46-47,52H,14-20H2,2-12H3/t21-,22-,23+,24-,25-,26+,27?,28?,29-,30+,31-,32-,33+,34-,36?,37-,38-,39-/m1/s1. The van der Waals surface area contributed by atoms with Crippen molar-refractivity contribution in [2.45, 2.75) is 184 Å². The minimum atomic E-state index is -1.78. The maximum absolute atomic E-state index is 14.3. The van der Waals surface area contributed by atoms with Gasteiger partial charge in [0.2, 0.25) is 0 Å². The molecule has 3 aliphatic heterocycles. The van der Waals surface area contributed by atoms with Gasteiger partial charge in [-0.3, -0.25) is 9.69 Å². The highest BCUT2D eigenvalue weighted by Gasteiger charge is 2.54. The van der Waals surface area contributed by atoms with E-state index in [1.54, 1.807) is 34.6 Å². The van der Waals surface area contributed by atoms with Crippen LogP contribution in [0.2, 0.25) is 0 Å². The maximum Gasteiger partial charge on any atom is 0.309 e. The van der Waals surface area contributed by atoms with Gasteiger partial charge in [0, 0.05) is 35.7 Å². The molecule has 0 amide bonds. The largest absolute Gasteiger partial charge is 0.459 e. The number of thiol groups is 1. The van der Waals surface area contributed by atoms with Gasteiger partial charge < -0.3 is 49.8 Å². The first-order valence-corrected chi connectivity index (χ1v) is 19.7. The average molecular weight is 759 g/mol. The van der Waals surface area contributed by atoms with Gasteiger partial charge in [0.15, 0.2) is 6.29 Å². The molecule has 0 radical (unpaired) electrons. The maximum atomic E-state index is 14.3. The second kappa shape index (κ2) is 18.3. The third-order valence-corrected chi connectivity index (χ3v) is 12.6. The number of aliphatic hydroxyl groups excluding tert-OH is 3. The van der Waals surface area contributed by atoms with Gasteiger partial charge in [0.05, 0.1) is 42.0 Å². The summed E-state index contributed by atoms with van der Waals surface area (Å²) in [5, 5.41) is 61.5. The summed E-state index contributed by atoms with van der Waals surface area (Å²) in [5.41, 5.74) is -3.31. The van der Waals surface area contributed by atoms with Crippen molar-refractivity contribution in [3.63, 3.8) is 0 Å². The number of carbonyl (C=O) groups is 1.